The first-order chi connectivity index (χ1) is 11.5. The number of hydrogen-bond acceptors (Lipinski definition) is 4. The van der Waals surface area contributed by atoms with Crippen LogP contribution in [0.25, 0.3) is 0 Å². The Kier molecular flexibility index (Phi) is 8.44. The summed E-state index contributed by atoms with van der Waals surface area (Å²) in [5.74, 6) is 0.198. The predicted molar refractivity (Wildman–Crippen MR) is 94.5 cm³/mol. The van der Waals surface area contributed by atoms with Crippen molar-refractivity contribution in [2.24, 2.45) is 0 Å². The molecular weight excluding hydrogens is 308 g/mol. The highest BCUT2D eigenvalue weighted by molar-refractivity contribution is 5.70. The zero-order valence-corrected chi connectivity index (χ0v) is 15.3. The highest BCUT2D eigenvalue weighted by Gasteiger charge is 2.25. The molecule has 5 heteroatoms. The largest absolute Gasteiger partial charge is 0.511 e. The lowest BCUT2D eigenvalue weighted by Gasteiger charge is -2.21. The molecule has 24 heavy (non-hydrogen) atoms. The van der Waals surface area contributed by atoms with E-state index in [9.17, 15) is 9.90 Å². The molecule has 2 N–H and O–H groups in total. The Morgan fingerprint density at radius 2 is 1.50 bits per heavy atom. The fraction of sp³-hybridized carbons (Fsp3) is 0.632. The van der Waals surface area contributed by atoms with Crippen molar-refractivity contribution >= 4 is 6.16 Å². The number of hydrogen-bond donors (Lipinski definition) is 2. The van der Waals surface area contributed by atoms with Gasteiger partial charge >= 0.3 is 6.16 Å². The van der Waals surface area contributed by atoms with Crippen LogP contribution in [-0.4, -0.2) is 23.0 Å². The van der Waals surface area contributed by atoms with E-state index >= 15 is 0 Å². The molecule has 0 saturated heterocycles. The molecular formula is C19H30O5. The van der Waals surface area contributed by atoms with Crippen LogP contribution in [0.2, 0.25) is 0 Å². The number of phenolic OH excluding ortho intramolecular Hbond substituents is 1. The number of carboxylic acid groups (broad SMARTS) is 1. The van der Waals surface area contributed by atoms with Crippen molar-refractivity contribution in [2.45, 2.75) is 72.6 Å². The van der Waals surface area contributed by atoms with Crippen LogP contribution in [0.4, 0.5) is 4.79 Å². The van der Waals surface area contributed by atoms with E-state index in [2.05, 4.69) is 6.92 Å². The van der Waals surface area contributed by atoms with Gasteiger partial charge in [-0.1, -0.05) is 47.0 Å². The van der Waals surface area contributed by atoms with Gasteiger partial charge in [-0.2, -0.15) is 0 Å². The molecule has 136 valence electrons. The van der Waals surface area contributed by atoms with E-state index in [1.807, 2.05) is 20.8 Å². The molecule has 0 aliphatic rings. The van der Waals surface area contributed by atoms with Crippen molar-refractivity contribution in [2.75, 3.05) is 6.61 Å². The van der Waals surface area contributed by atoms with Gasteiger partial charge in [-0.15, -0.1) is 0 Å². The van der Waals surface area contributed by atoms with Crippen LogP contribution in [-0.2, 0) is 19.3 Å². The predicted octanol–water partition coefficient (Wildman–Crippen LogP) is 5.10. The third-order valence-electron chi connectivity index (χ3n) is 4.20. The van der Waals surface area contributed by atoms with Crippen LogP contribution < -0.4 is 9.47 Å². The molecule has 0 fully saturated rings. The fourth-order valence-electron chi connectivity index (χ4n) is 3.06. The Morgan fingerprint density at radius 1 is 0.875 bits per heavy atom. The summed E-state index contributed by atoms with van der Waals surface area (Å²) in [5.41, 5.74) is 2.70. The highest BCUT2D eigenvalue weighted by atomic mass is 16.7. The van der Waals surface area contributed by atoms with E-state index in [0.29, 0.717) is 25.2 Å². The summed E-state index contributed by atoms with van der Waals surface area (Å²) in [6, 6.07) is 0. The van der Waals surface area contributed by atoms with Crippen molar-refractivity contribution in [3.8, 4) is 17.2 Å². The summed E-state index contributed by atoms with van der Waals surface area (Å²) >= 11 is 0. The van der Waals surface area contributed by atoms with E-state index in [0.717, 1.165) is 48.8 Å². The number of benzene rings is 1. The maximum absolute atomic E-state index is 11.1. The van der Waals surface area contributed by atoms with Crippen molar-refractivity contribution in [3.05, 3.63) is 16.7 Å². The van der Waals surface area contributed by atoms with Crippen LogP contribution in [0.5, 0.6) is 17.2 Å². The molecule has 0 spiro atoms. The standard InChI is InChI=1S/C19H30O5/c1-5-9-10-11-12-23-17-15(8-4)13(6-2)14(7-3)16(20)18(17)24-19(21)22/h20H,5-12H2,1-4H3,(H,21,22). The second-order valence-corrected chi connectivity index (χ2v) is 5.78. The summed E-state index contributed by atoms with van der Waals surface area (Å²) in [7, 11) is 0. The molecule has 0 saturated carbocycles. The van der Waals surface area contributed by atoms with E-state index in [4.69, 9.17) is 14.6 Å². The quantitative estimate of drug-likeness (QED) is 0.353. The van der Waals surface area contributed by atoms with Crippen molar-refractivity contribution in [3.63, 3.8) is 0 Å². The number of carbonyl (C=O) groups is 1. The second kappa shape index (κ2) is 10.1. The maximum atomic E-state index is 11.1. The molecule has 0 aromatic heterocycles. The average molecular weight is 338 g/mol. The summed E-state index contributed by atoms with van der Waals surface area (Å²) < 4.78 is 10.8. The molecule has 0 atom stereocenters. The average Bonchev–Trinajstić information content (AvgIpc) is 2.56. The van der Waals surface area contributed by atoms with Gasteiger partial charge in [0.05, 0.1) is 6.61 Å². The smallest absolute Gasteiger partial charge is 0.504 e. The zero-order valence-electron chi connectivity index (χ0n) is 15.3. The minimum Gasteiger partial charge on any atom is -0.504 e. The summed E-state index contributed by atoms with van der Waals surface area (Å²) in [4.78, 5) is 11.1. The molecule has 0 unspecified atom stereocenters. The summed E-state index contributed by atoms with van der Waals surface area (Å²) in [6.45, 7) is 8.58. The minimum absolute atomic E-state index is 0.0658. The Balaban J connectivity index is 3.28. The molecule has 0 amide bonds. The highest BCUT2D eigenvalue weighted by Crippen LogP contribution is 2.46. The Morgan fingerprint density at radius 3 is 2.00 bits per heavy atom. The zero-order chi connectivity index (χ0) is 18.1. The Bertz CT molecular complexity index is 551. The summed E-state index contributed by atoms with van der Waals surface area (Å²) in [5, 5.41) is 19.5. The van der Waals surface area contributed by atoms with Gasteiger partial charge in [0.25, 0.3) is 0 Å². The van der Waals surface area contributed by atoms with Crippen molar-refractivity contribution < 1.29 is 24.5 Å². The van der Waals surface area contributed by atoms with Crippen LogP contribution in [0.1, 0.15) is 70.1 Å². The summed E-state index contributed by atoms with van der Waals surface area (Å²) in [6.07, 6.45) is 4.83. The van der Waals surface area contributed by atoms with Gasteiger partial charge in [0.2, 0.25) is 5.75 Å². The molecule has 1 rings (SSSR count). The number of aromatic hydroxyl groups is 1. The van der Waals surface area contributed by atoms with Gasteiger partial charge < -0.3 is 19.7 Å². The van der Waals surface area contributed by atoms with Crippen molar-refractivity contribution in [1.29, 1.82) is 0 Å². The molecule has 0 radical (unpaired) electrons. The second-order valence-electron chi connectivity index (χ2n) is 5.78. The molecule has 1 aromatic carbocycles. The maximum Gasteiger partial charge on any atom is 0.511 e. The number of ether oxygens (including phenoxy) is 2. The van der Waals surface area contributed by atoms with E-state index in [1.54, 1.807) is 0 Å². The SMILES string of the molecule is CCCCCCOc1c(CC)c(CC)c(CC)c(O)c1OC(=O)O. The third kappa shape index (κ3) is 4.79. The van der Waals surface area contributed by atoms with E-state index < -0.39 is 6.16 Å². The van der Waals surface area contributed by atoms with E-state index in [1.165, 1.54) is 0 Å². The van der Waals surface area contributed by atoms with Gasteiger partial charge in [-0.3, -0.25) is 0 Å². The van der Waals surface area contributed by atoms with Gasteiger partial charge in [0, 0.05) is 11.1 Å². The molecule has 0 aliphatic carbocycles. The molecule has 5 nitrogen and oxygen atoms in total. The lowest BCUT2D eigenvalue weighted by atomic mass is 9.93. The Labute approximate surface area is 144 Å². The van der Waals surface area contributed by atoms with Gasteiger partial charge in [-0.05, 0) is 31.2 Å². The van der Waals surface area contributed by atoms with Gasteiger partial charge in [-0.25, -0.2) is 4.79 Å². The topological polar surface area (TPSA) is 76.0 Å². The van der Waals surface area contributed by atoms with E-state index in [-0.39, 0.29) is 11.5 Å². The Hall–Kier alpha value is -1.91. The monoisotopic (exact) mass is 338 g/mol. The molecule has 0 bridgehead atoms. The first-order valence-corrected chi connectivity index (χ1v) is 8.94. The third-order valence-corrected chi connectivity index (χ3v) is 4.20. The first kappa shape index (κ1) is 20.1. The van der Waals surface area contributed by atoms with Crippen LogP contribution in [0.3, 0.4) is 0 Å². The molecule has 1 aromatic rings. The normalized spacial score (nSPS) is 10.7. The number of rotatable bonds is 10. The molecule has 0 aliphatic heterocycles. The minimum atomic E-state index is -1.45. The van der Waals surface area contributed by atoms with Crippen LogP contribution in [0.15, 0.2) is 0 Å². The number of phenols is 1. The molecule has 0 heterocycles. The van der Waals surface area contributed by atoms with Gasteiger partial charge in [0.15, 0.2) is 11.5 Å². The van der Waals surface area contributed by atoms with Crippen LogP contribution >= 0.6 is 0 Å². The van der Waals surface area contributed by atoms with Crippen LogP contribution in [0, 0.1) is 0 Å². The fourth-order valence-corrected chi connectivity index (χ4v) is 3.06. The lowest BCUT2D eigenvalue weighted by Crippen LogP contribution is -2.11. The van der Waals surface area contributed by atoms with Crippen molar-refractivity contribution in [1.82, 2.24) is 0 Å². The number of unbranched alkanes of at least 4 members (excludes halogenated alkanes) is 3. The first-order valence-electron chi connectivity index (χ1n) is 8.94. The van der Waals surface area contributed by atoms with Gasteiger partial charge in [0.1, 0.15) is 0 Å². The lowest BCUT2D eigenvalue weighted by molar-refractivity contribution is 0.140.